The molecule has 3 aromatic rings. The van der Waals surface area contributed by atoms with Crippen LogP contribution in [0.1, 0.15) is 48.0 Å². The van der Waals surface area contributed by atoms with Gasteiger partial charge >= 0.3 is 0 Å². The van der Waals surface area contributed by atoms with Gasteiger partial charge in [0, 0.05) is 56.4 Å². The number of methoxy groups -OCH3 is 1. The van der Waals surface area contributed by atoms with Gasteiger partial charge in [0.05, 0.1) is 48.2 Å². The van der Waals surface area contributed by atoms with Gasteiger partial charge in [-0.05, 0) is 31.9 Å². The SMILES string of the molecule is CNC(=O)/C(N)=C(/C=C(\N)NC(=O)C1CC1)Nc1cccc2c1N(C)C(C)c1c-2cnn1C1CN(C(=O)c2cccc(OC)n2)C1. The fourth-order valence-corrected chi connectivity index (χ4v) is 5.86. The molecule has 1 aliphatic carbocycles. The number of hydrogen-bond donors (Lipinski definition) is 5. The number of allylic oxidation sites excluding steroid dienone is 1. The van der Waals surface area contributed by atoms with E-state index in [9.17, 15) is 14.4 Å². The lowest BCUT2D eigenvalue weighted by Crippen LogP contribution is -2.51. The third kappa shape index (κ3) is 5.57. The summed E-state index contributed by atoms with van der Waals surface area (Å²) in [5, 5.41) is 13.3. The number of hydrogen-bond acceptors (Lipinski definition) is 10. The Morgan fingerprint density at radius 3 is 2.50 bits per heavy atom. The van der Waals surface area contributed by atoms with Crippen molar-refractivity contribution in [2.24, 2.45) is 17.4 Å². The Balaban J connectivity index is 1.27. The molecule has 2 aliphatic heterocycles. The van der Waals surface area contributed by atoms with Crippen molar-refractivity contribution in [3.8, 4) is 17.0 Å². The first-order valence-electron chi connectivity index (χ1n) is 15.1. The molecular weight excluding hydrogens is 588 g/mol. The number of para-hydroxylation sites is 1. The largest absolute Gasteiger partial charge is 0.481 e. The van der Waals surface area contributed by atoms with Crippen LogP contribution in [0, 0.1) is 5.92 Å². The zero-order valence-electron chi connectivity index (χ0n) is 26.2. The van der Waals surface area contributed by atoms with Crippen molar-refractivity contribution in [2.75, 3.05) is 44.5 Å². The van der Waals surface area contributed by atoms with E-state index in [0.717, 1.165) is 35.3 Å². The Kier molecular flexibility index (Phi) is 8.02. The summed E-state index contributed by atoms with van der Waals surface area (Å²) in [6.07, 6.45) is 4.98. The molecule has 1 unspecified atom stereocenters. The van der Waals surface area contributed by atoms with Gasteiger partial charge in [0.1, 0.15) is 17.2 Å². The van der Waals surface area contributed by atoms with Crippen molar-refractivity contribution in [3.05, 3.63) is 77.3 Å². The maximum atomic E-state index is 13.1. The van der Waals surface area contributed by atoms with Gasteiger partial charge in [0.15, 0.2) is 0 Å². The van der Waals surface area contributed by atoms with Crippen LogP contribution in [0.15, 0.2) is 65.9 Å². The minimum atomic E-state index is -0.495. The molecule has 4 heterocycles. The van der Waals surface area contributed by atoms with E-state index in [4.69, 9.17) is 21.3 Å². The van der Waals surface area contributed by atoms with Gasteiger partial charge in [-0.25, -0.2) is 4.98 Å². The van der Waals surface area contributed by atoms with Gasteiger partial charge in [0.25, 0.3) is 11.8 Å². The van der Waals surface area contributed by atoms with E-state index < -0.39 is 5.91 Å². The van der Waals surface area contributed by atoms with Crippen LogP contribution < -0.4 is 37.1 Å². The molecule has 14 nitrogen and oxygen atoms in total. The van der Waals surface area contributed by atoms with Gasteiger partial charge in [-0.2, -0.15) is 5.10 Å². The van der Waals surface area contributed by atoms with Crippen molar-refractivity contribution in [3.63, 3.8) is 0 Å². The lowest BCUT2D eigenvalue weighted by molar-refractivity contribution is -0.121. The van der Waals surface area contributed by atoms with E-state index in [1.165, 1.54) is 20.2 Å². The third-order valence-corrected chi connectivity index (χ3v) is 8.68. The molecule has 46 heavy (non-hydrogen) atoms. The number of pyridine rings is 1. The summed E-state index contributed by atoms with van der Waals surface area (Å²) in [5.74, 6) is -0.362. The molecule has 1 saturated heterocycles. The number of aromatic nitrogens is 3. The van der Waals surface area contributed by atoms with E-state index in [-0.39, 0.29) is 47.0 Å². The van der Waals surface area contributed by atoms with Crippen molar-refractivity contribution in [1.82, 2.24) is 30.3 Å². The van der Waals surface area contributed by atoms with E-state index in [2.05, 4.69) is 32.8 Å². The first-order valence-corrected chi connectivity index (χ1v) is 15.1. The predicted octanol–water partition coefficient (Wildman–Crippen LogP) is 1.82. The van der Waals surface area contributed by atoms with Crippen molar-refractivity contribution in [2.45, 2.75) is 31.8 Å². The number of carbonyl (C=O) groups is 3. The summed E-state index contributed by atoms with van der Waals surface area (Å²) in [5.41, 5.74) is 17.4. The Bertz CT molecular complexity index is 1770. The lowest BCUT2D eigenvalue weighted by Gasteiger charge is -2.42. The Labute approximate surface area is 266 Å². The minimum Gasteiger partial charge on any atom is -0.481 e. The van der Waals surface area contributed by atoms with Crippen molar-refractivity contribution in [1.29, 1.82) is 0 Å². The van der Waals surface area contributed by atoms with Gasteiger partial charge in [-0.3, -0.25) is 19.1 Å². The zero-order chi connectivity index (χ0) is 32.7. The number of fused-ring (bicyclic) bond motifs is 3. The molecule has 1 saturated carbocycles. The van der Waals surface area contributed by atoms with E-state index in [1.54, 1.807) is 23.1 Å². The highest BCUT2D eigenvalue weighted by Crippen LogP contribution is 2.48. The second-order valence-electron chi connectivity index (χ2n) is 11.7. The normalized spacial score (nSPS) is 18.1. The number of rotatable bonds is 9. The second kappa shape index (κ2) is 12.1. The van der Waals surface area contributed by atoms with Crippen molar-refractivity contribution >= 4 is 29.1 Å². The summed E-state index contributed by atoms with van der Waals surface area (Å²) < 4.78 is 7.19. The number of nitrogens with two attached hydrogens (primary N) is 2. The summed E-state index contributed by atoms with van der Waals surface area (Å²) in [6.45, 7) is 3.11. The predicted molar refractivity (Wildman–Crippen MR) is 172 cm³/mol. The van der Waals surface area contributed by atoms with E-state index >= 15 is 0 Å². The van der Waals surface area contributed by atoms with Crippen LogP contribution in [0.5, 0.6) is 5.88 Å². The Morgan fingerprint density at radius 1 is 1.07 bits per heavy atom. The standard InChI is InChI=1S/C32H38N10O4/c1-17-28-21(14-36-42(28)19-15-41(16-19)32(45)23-9-6-10-26(38-23)46-4)20-7-5-8-22(29(20)40(17)3)37-24(27(34)31(44)35-2)13-25(33)39-30(43)18-11-12-18/h5-10,13-14,17-19,37H,11-12,15-16,33-34H2,1-4H3,(H,35,44)(H,39,43)/b25-13+,27-24+. The summed E-state index contributed by atoms with van der Waals surface area (Å²) in [7, 11) is 5.00. The molecular formula is C32H38N10O4. The molecule has 3 aliphatic rings. The molecule has 0 bridgehead atoms. The maximum Gasteiger partial charge on any atom is 0.272 e. The molecule has 14 heteroatoms. The smallest absolute Gasteiger partial charge is 0.272 e. The number of ether oxygens (including phenoxy) is 1. The molecule has 240 valence electrons. The molecule has 2 fully saturated rings. The number of likely N-dealkylation sites (N-methyl/N-ethyl adjacent to an activating group) is 1. The summed E-state index contributed by atoms with van der Waals surface area (Å²) in [6, 6.07) is 10.9. The Hall–Kier alpha value is -5.53. The number of amides is 3. The number of nitrogens with zero attached hydrogens (tertiary/aromatic N) is 5. The molecule has 0 spiro atoms. The summed E-state index contributed by atoms with van der Waals surface area (Å²) in [4.78, 5) is 46.1. The molecule has 2 aromatic heterocycles. The van der Waals surface area contributed by atoms with Crippen LogP contribution >= 0.6 is 0 Å². The first-order chi connectivity index (χ1) is 22.1. The van der Waals surface area contributed by atoms with Crippen LogP contribution in [0.2, 0.25) is 0 Å². The average Bonchev–Trinajstić information content (AvgIpc) is 3.81. The Morgan fingerprint density at radius 2 is 1.80 bits per heavy atom. The molecule has 1 atom stereocenters. The number of carbonyl (C=O) groups excluding carboxylic acids is 3. The monoisotopic (exact) mass is 626 g/mol. The highest BCUT2D eigenvalue weighted by molar-refractivity contribution is 5.96. The average molecular weight is 627 g/mol. The number of benzene rings is 1. The first kappa shape index (κ1) is 30.5. The van der Waals surface area contributed by atoms with Crippen LogP contribution in [0.4, 0.5) is 11.4 Å². The highest BCUT2D eigenvalue weighted by atomic mass is 16.5. The molecule has 3 amide bonds. The second-order valence-corrected chi connectivity index (χ2v) is 11.7. The van der Waals surface area contributed by atoms with Crippen LogP contribution in [-0.2, 0) is 9.59 Å². The van der Waals surface area contributed by atoms with Gasteiger partial charge < -0.3 is 42.0 Å². The molecule has 6 rings (SSSR count). The van der Waals surface area contributed by atoms with Crippen LogP contribution in [0.25, 0.3) is 11.1 Å². The molecule has 7 N–H and O–H groups in total. The van der Waals surface area contributed by atoms with E-state index in [1.807, 2.05) is 36.1 Å². The quantitative estimate of drug-likeness (QED) is 0.173. The fraction of sp³-hybridized carbons (Fsp3) is 0.344. The number of nitrogens with one attached hydrogen (secondary N) is 3. The number of anilines is 2. The molecule has 1 aromatic carbocycles. The van der Waals surface area contributed by atoms with E-state index in [0.29, 0.717) is 30.4 Å². The van der Waals surface area contributed by atoms with Gasteiger partial charge in [-0.15, -0.1) is 0 Å². The lowest BCUT2D eigenvalue weighted by atomic mass is 9.93. The minimum absolute atomic E-state index is 0.0119. The van der Waals surface area contributed by atoms with Gasteiger partial charge in [0.2, 0.25) is 11.8 Å². The molecule has 0 radical (unpaired) electrons. The highest BCUT2D eigenvalue weighted by Gasteiger charge is 2.39. The third-order valence-electron chi connectivity index (χ3n) is 8.68. The number of likely N-dealkylation sites (tertiary alicyclic amines) is 1. The summed E-state index contributed by atoms with van der Waals surface area (Å²) >= 11 is 0. The van der Waals surface area contributed by atoms with Crippen molar-refractivity contribution < 1.29 is 19.1 Å². The van der Waals surface area contributed by atoms with Gasteiger partial charge in [-0.1, -0.05) is 18.2 Å². The van der Waals surface area contributed by atoms with Crippen LogP contribution in [-0.4, -0.2) is 71.7 Å². The van der Waals surface area contributed by atoms with Crippen LogP contribution in [0.3, 0.4) is 0 Å². The fourth-order valence-electron chi connectivity index (χ4n) is 5.86. The topological polar surface area (TPSA) is 186 Å². The zero-order valence-corrected chi connectivity index (χ0v) is 26.2. The maximum absolute atomic E-state index is 13.1.